The number of nitrogens with two attached hydrogens (primary N) is 1. The van der Waals surface area contributed by atoms with Gasteiger partial charge < -0.3 is 5.73 Å². The van der Waals surface area contributed by atoms with E-state index in [1.54, 1.807) is 10.6 Å². The molecule has 0 spiro atoms. The molecule has 2 aromatic rings. The number of hydrogen-bond acceptors (Lipinski definition) is 3. The van der Waals surface area contributed by atoms with Crippen molar-refractivity contribution in [2.24, 2.45) is 11.1 Å². The number of aromatic nitrogens is 3. The fourth-order valence-corrected chi connectivity index (χ4v) is 2.01. The van der Waals surface area contributed by atoms with E-state index in [0.717, 1.165) is 12.8 Å². The molecule has 19 heavy (non-hydrogen) atoms. The number of nitrogens with zero attached hydrogens (tertiary/aromatic N) is 3. The van der Waals surface area contributed by atoms with Gasteiger partial charge in [-0.1, -0.05) is 32.1 Å². The van der Waals surface area contributed by atoms with Crippen LogP contribution < -0.4 is 11.4 Å². The summed E-state index contributed by atoms with van der Waals surface area (Å²) in [4.78, 5) is 12.5. The van der Waals surface area contributed by atoms with E-state index >= 15 is 0 Å². The largest absolute Gasteiger partial charge is 0.393 e. The zero-order chi connectivity index (χ0) is 14.0. The van der Waals surface area contributed by atoms with Gasteiger partial charge in [-0.2, -0.15) is 0 Å². The molecule has 0 aliphatic carbocycles. The summed E-state index contributed by atoms with van der Waals surface area (Å²) in [7, 11) is 0. The van der Waals surface area contributed by atoms with Crippen molar-refractivity contribution in [1.29, 1.82) is 0 Å². The Morgan fingerprint density at radius 3 is 2.84 bits per heavy atom. The van der Waals surface area contributed by atoms with Crippen molar-refractivity contribution in [2.75, 3.05) is 0 Å². The van der Waals surface area contributed by atoms with Crippen LogP contribution in [0.3, 0.4) is 0 Å². The van der Waals surface area contributed by atoms with Crippen LogP contribution in [0.2, 0.25) is 0 Å². The number of hydrogen-bond donors (Lipinski definition) is 1. The minimum absolute atomic E-state index is 0.108. The van der Waals surface area contributed by atoms with Gasteiger partial charge in [-0.25, -0.2) is 9.48 Å². The van der Waals surface area contributed by atoms with Crippen LogP contribution >= 0.6 is 12.2 Å². The van der Waals surface area contributed by atoms with Crippen LogP contribution in [-0.4, -0.2) is 19.2 Å². The molecule has 0 unspecified atom stereocenters. The SMILES string of the molecule is CC(C)(CCCn1nc2ccccn2c1=O)C(N)=S. The Labute approximate surface area is 117 Å². The lowest BCUT2D eigenvalue weighted by Crippen LogP contribution is -2.30. The lowest BCUT2D eigenvalue weighted by molar-refractivity contribution is 0.422. The molecule has 2 aromatic heterocycles. The monoisotopic (exact) mass is 278 g/mol. The molecule has 2 N–H and O–H groups in total. The summed E-state index contributed by atoms with van der Waals surface area (Å²) in [6, 6.07) is 5.50. The molecule has 0 saturated heterocycles. The highest BCUT2D eigenvalue weighted by atomic mass is 32.1. The average Bonchev–Trinajstić information content (AvgIpc) is 2.67. The van der Waals surface area contributed by atoms with Crippen LogP contribution in [0.1, 0.15) is 26.7 Å². The molecule has 0 atom stereocenters. The predicted molar refractivity (Wildman–Crippen MR) is 79.3 cm³/mol. The van der Waals surface area contributed by atoms with E-state index < -0.39 is 0 Å². The molecular formula is C13H18N4OS. The fourth-order valence-electron chi connectivity index (χ4n) is 1.91. The van der Waals surface area contributed by atoms with Gasteiger partial charge in [-0.05, 0) is 25.0 Å². The number of thiocarbonyl (C=S) groups is 1. The first-order valence-electron chi connectivity index (χ1n) is 6.26. The van der Waals surface area contributed by atoms with Gasteiger partial charge in [0.1, 0.15) is 0 Å². The Hall–Kier alpha value is -1.69. The van der Waals surface area contributed by atoms with Gasteiger partial charge in [0.2, 0.25) is 0 Å². The second-order valence-corrected chi connectivity index (χ2v) is 5.73. The summed E-state index contributed by atoms with van der Waals surface area (Å²) >= 11 is 5.03. The van der Waals surface area contributed by atoms with Crippen molar-refractivity contribution in [3.05, 3.63) is 34.9 Å². The van der Waals surface area contributed by atoms with Gasteiger partial charge >= 0.3 is 5.69 Å². The third-order valence-electron chi connectivity index (χ3n) is 3.33. The molecule has 0 aliphatic rings. The van der Waals surface area contributed by atoms with Crippen LogP contribution in [0.4, 0.5) is 0 Å². The van der Waals surface area contributed by atoms with Crippen molar-refractivity contribution in [3.63, 3.8) is 0 Å². The van der Waals surface area contributed by atoms with Gasteiger partial charge in [-0.3, -0.25) is 4.40 Å². The fraction of sp³-hybridized carbons (Fsp3) is 0.462. The van der Waals surface area contributed by atoms with Crippen molar-refractivity contribution < 1.29 is 0 Å². The van der Waals surface area contributed by atoms with E-state index in [1.807, 2.05) is 32.0 Å². The molecule has 102 valence electrons. The normalized spacial score (nSPS) is 11.9. The maximum Gasteiger partial charge on any atom is 0.350 e. The van der Waals surface area contributed by atoms with Crippen LogP contribution in [0.15, 0.2) is 29.2 Å². The zero-order valence-corrected chi connectivity index (χ0v) is 12.0. The summed E-state index contributed by atoms with van der Waals surface area (Å²) in [6.45, 7) is 4.61. The lowest BCUT2D eigenvalue weighted by atomic mass is 9.88. The molecule has 0 fully saturated rings. The highest BCUT2D eigenvalue weighted by Crippen LogP contribution is 2.22. The van der Waals surface area contributed by atoms with Gasteiger partial charge in [0.05, 0.1) is 4.99 Å². The number of fused-ring (bicyclic) bond motifs is 1. The number of aryl methyl sites for hydroxylation is 1. The van der Waals surface area contributed by atoms with Crippen LogP contribution in [-0.2, 0) is 6.54 Å². The molecule has 0 radical (unpaired) electrons. The standard InChI is InChI=1S/C13H18N4OS/c1-13(2,11(14)19)7-5-9-17-12(18)16-8-4-3-6-10(16)15-17/h3-4,6,8H,5,7,9H2,1-2H3,(H2,14,19). The summed E-state index contributed by atoms with van der Waals surface area (Å²) in [5.41, 5.74) is 6.06. The lowest BCUT2D eigenvalue weighted by Gasteiger charge is -2.22. The highest BCUT2D eigenvalue weighted by Gasteiger charge is 2.20. The average molecular weight is 278 g/mol. The van der Waals surface area contributed by atoms with Gasteiger partial charge in [0.25, 0.3) is 0 Å². The Morgan fingerprint density at radius 2 is 2.21 bits per heavy atom. The molecule has 2 heterocycles. The zero-order valence-electron chi connectivity index (χ0n) is 11.2. The van der Waals surface area contributed by atoms with E-state index in [0.29, 0.717) is 17.2 Å². The van der Waals surface area contributed by atoms with E-state index in [2.05, 4.69) is 5.10 Å². The first-order valence-corrected chi connectivity index (χ1v) is 6.67. The molecule has 0 bridgehead atoms. The van der Waals surface area contributed by atoms with Gasteiger partial charge in [-0.15, -0.1) is 5.10 Å². The molecule has 5 nitrogen and oxygen atoms in total. The highest BCUT2D eigenvalue weighted by molar-refractivity contribution is 7.80. The Balaban J connectivity index is 2.09. The molecule has 0 aromatic carbocycles. The molecule has 6 heteroatoms. The predicted octanol–water partition coefficient (Wildman–Crippen LogP) is 1.59. The molecule has 2 rings (SSSR count). The minimum Gasteiger partial charge on any atom is -0.393 e. The Morgan fingerprint density at radius 1 is 1.47 bits per heavy atom. The number of pyridine rings is 1. The first-order chi connectivity index (χ1) is 8.92. The van der Waals surface area contributed by atoms with Crippen molar-refractivity contribution >= 4 is 22.9 Å². The van der Waals surface area contributed by atoms with Crippen LogP contribution in [0, 0.1) is 5.41 Å². The number of rotatable bonds is 5. The maximum absolute atomic E-state index is 12.0. The minimum atomic E-state index is -0.182. The summed E-state index contributed by atoms with van der Waals surface area (Å²) in [6.07, 6.45) is 3.37. The van der Waals surface area contributed by atoms with Crippen molar-refractivity contribution in [3.8, 4) is 0 Å². The summed E-state index contributed by atoms with van der Waals surface area (Å²) in [5.74, 6) is 0. The Kier molecular flexibility index (Phi) is 3.71. The Bertz CT molecular complexity index is 656. The second kappa shape index (κ2) is 5.13. The third kappa shape index (κ3) is 2.84. The summed E-state index contributed by atoms with van der Waals surface area (Å²) in [5, 5.41) is 4.28. The topological polar surface area (TPSA) is 65.3 Å². The first kappa shape index (κ1) is 13.7. The molecular weight excluding hydrogens is 260 g/mol. The smallest absolute Gasteiger partial charge is 0.350 e. The van der Waals surface area contributed by atoms with Gasteiger partial charge in [0, 0.05) is 18.2 Å². The van der Waals surface area contributed by atoms with E-state index in [9.17, 15) is 4.79 Å². The summed E-state index contributed by atoms with van der Waals surface area (Å²) < 4.78 is 3.03. The van der Waals surface area contributed by atoms with Crippen molar-refractivity contribution in [1.82, 2.24) is 14.2 Å². The van der Waals surface area contributed by atoms with E-state index in [4.69, 9.17) is 18.0 Å². The molecule has 0 amide bonds. The van der Waals surface area contributed by atoms with Crippen molar-refractivity contribution in [2.45, 2.75) is 33.2 Å². The van der Waals surface area contributed by atoms with Gasteiger partial charge in [0.15, 0.2) is 5.65 Å². The van der Waals surface area contributed by atoms with E-state index in [1.165, 1.54) is 4.68 Å². The third-order valence-corrected chi connectivity index (χ3v) is 3.88. The molecule has 0 aliphatic heterocycles. The maximum atomic E-state index is 12.0. The van der Waals surface area contributed by atoms with E-state index in [-0.39, 0.29) is 11.1 Å². The molecule has 0 saturated carbocycles. The van der Waals surface area contributed by atoms with Crippen LogP contribution in [0.5, 0.6) is 0 Å². The quantitative estimate of drug-likeness (QED) is 0.844. The van der Waals surface area contributed by atoms with Crippen LogP contribution in [0.25, 0.3) is 5.65 Å². The second-order valence-electron chi connectivity index (χ2n) is 5.29.